The maximum Gasteiger partial charge on any atom is 0.268 e. The summed E-state index contributed by atoms with van der Waals surface area (Å²) in [6, 6.07) is 12.1. The number of carbonyl (C=O) groups is 1. The molecule has 0 radical (unpaired) electrons. The van der Waals surface area contributed by atoms with Gasteiger partial charge in [0.15, 0.2) is 11.5 Å². The summed E-state index contributed by atoms with van der Waals surface area (Å²) in [5.74, 6) is 1.13. The number of methoxy groups -OCH3 is 3. The Kier molecular flexibility index (Phi) is 5.65. The topological polar surface area (TPSA) is 102 Å². The van der Waals surface area contributed by atoms with Gasteiger partial charge in [0, 0.05) is 17.7 Å². The van der Waals surface area contributed by atoms with Crippen molar-refractivity contribution < 1.29 is 23.8 Å². The molecule has 28 heavy (non-hydrogen) atoms. The molecule has 1 N–H and O–H groups in total. The van der Waals surface area contributed by atoms with Gasteiger partial charge >= 0.3 is 0 Å². The lowest BCUT2D eigenvalue weighted by atomic mass is 10.0. The molecular weight excluding hydrogens is 362 g/mol. The molecule has 8 nitrogen and oxygen atoms in total. The molecular formula is C20H19N3O5. The van der Waals surface area contributed by atoms with Crippen molar-refractivity contribution in [3.05, 3.63) is 47.5 Å². The second kappa shape index (κ2) is 8.31. The monoisotopic (exact) mass is 381 g/mol. The first kappa shape index (κ1) is 19.0. The molecule has 0 aromatic heterocycles. The molecule has 1 aliphatic heterocycles. The SMILES string of the molecule is COc1cc(C2=NO[C@H](C(=O)Nc3ccc(C#N)cc3)C2)cc(OC)c1OC. The van der Waals surface area contributed by atoms with Crippen molar-refractivity contribution in [1.82, 2.24) is 0 Å². The van der Waals surface area contributed by atoms with Gasteiger partial charge in [0.05, 0.1) is 38.7 Å². The summed E-state index contributed by atoms with van der Waals surface area (Å²) in [5.41, 5.74) is 2.40. The molecule has 0 unspecified atom stereocenters. The van der Waals surface area contributed by atoms with Crippen molar-refractivity contribution in [2.75, 3.05) is 26.6 Å². The van der Waals surface area contributed by atoms with Crippen LogP contribution in [-0.2, 0) is 9.63 Å². The highest BCUT2D eigenvalue weighted by atomic mass is 16.6. The Balaban J connectivity index is 1.72. The minimum Gasteiger partial charge on any atom is -0.493 e. The van der Waals surface area contributed by atoms with Crippen molar-refractivity contribution in [1.29, 1.82) is 5.26 Å². The van der Waals surface area contributed by atoms with Crippen LogP contribution in [0.2, 0.25) is 0 Å². The van der Waals surface area contributed by atoms with Gasteiger partial charge < -0.3 is 24.4 Å². The van der Waals surface area contributed by atoms with E-state index in [1.54, 1.807) is 36.4 Å². The summed E-state index contributed by atoms with van der Waals surface area (Å²) in [4.78, 5) is 17.8. The lowest BCUT2D eigenvalue weighted by Gasteiger charge is -2.14. The summed E-state index contributed by atoms with van der Waals surface area (Å²) < 4.78 is 16.0. The van der Waals surface area contributed by atoms with Gasteiger partial charge in [-0.2, -0.15) is 5.26 Å². The lowest BCUT2D eigenvalue weighted by Crippen LogP contribution is -2.28. The number of nitrogens with one attached hydrogen (secondary N) is 1. The average Bonchev–Trinajstić information content (AvgIpc) is 3.23. The molecule has 0 spiro atoms. The van der Waals surface area contributed by atoms with E-state index in [-0.39, 0.29) is 5.91 Å². The average molecular weight is 381 g/mol. The normalized spacial score (nSPS) is 15.1. The minimum absolute atomic E-state index is 0.292. The smallest absolute Gasteiger partial charge is 0.268 e. The van der Waals surface area contributed by atoms with Crippen LogP contribution in [0.4, 0.5) is 5.69 Å². The summed E-state index contributed by atoms with van der Waals surface area (Å²) in [6.45, 7) is 0. The predicted octanol–water partition coefficient (Wildman–Crippen LogP) is 2.72. The molecule has 8 heteroatoms. The zero-order chi connectivity index (χ0) is 20.1. The number of carbonyl (C=O) groups excluding carboxylic acids is 1. The highest BCUT2D eigenvalue weighted by Crippen LogP contribution is 2.39. The Morgan fingerprint density at radius 2 is 1.79 bits per heavy atom. The molecule has 0 bridgehead atoms. The van der Waals surface area contributed by atoms with Crippen LogP contribution in [0.1, 0.15) is 17.5 Å². The van der Waals surface area contributed by atoms with Gasteiger partial charge in [-0.3, -0.25) is 4.79 Å². The van der Waals surface area contributed by atoms with Crippen LogP contribution in [0, 0.1) is 11.3 Å². The molecule has 0 saturated heterocycles. The van der Waals surface area contributed by atoms with E-state index in [0.29, 0.717) is 46.2 Å². The van der Waals surface area contributed by atoms with Crippen molar-refractivity contribution in [2.24, 2.45) is 5.16 Å². The number of ether oxygens (including phenoxy) is 3. The number of hydrogen-bond donors (Lipinski definition) is 1. The molecule has 1 aliphatic rings. The van der Waals surface area contributed by atoms with E-state index in [2.05, 4.69) is 10.5 Å². The van der Waals surface area contributed by atoms with E-state index in [4.69, 9.17) is 24.3 Å². The van der Waals surface area contributed by atoms with Gasteiger partial charge in [-0.1, -0.05) is 5.16 Å². The van der Waals surface area contributed by atoms with Crippen LogP contribution in [0.3, 0.4) is 0 Å². The summed E-state index contributed by atoms with van der Waals surface area (Å²) in [7, 11) is 4.59. The zero-order valence-corrected chi connectivity index (χ0v) is 15.7. The third kappa shape index (κ3) is 3.83. The van der Waals surface area contributed by atoms with Gasteiger partial charge in [0.1, 0.15) is 0 Å². The fourth-order valence-corrected chi connectivity index (χ4v) is 2.79. The van der Waals surface area contributed by atoms with E-state index in [9.17, 15) is 4.79 Å². The summed E-state index contributed by atoms with van der Waals surface area (Å²) >= 11 is 0. The number of nitrogens with zero attached hydrogens (tertiary/aromatic N) is 2. The number of benzene rings is 2. The molecule has 1 heterocycles. The number of anilines is 1. The van der Waals surface area contributed by atoms with Gasteiger partial charge in [0.25, 0.3) is 5.91 Å². The van der Waals surface area contributed by atoms with Crippen LogP contribution >= 0.6 is 0 Å². The highest BCUT2D eigenvalue weighted by Gasteiger charge is 2.30. The fourth-order valence-electron chi connectivity index (χ4n) is 2.79. The van der Waals surface area contributed by atoms with Crippen LogP contribution in [-0.4, -0.2) is 39.1 Å². The molecule has 2 aromatic carbocycles. The summed E-state index contributed by atoms with van der Waals surface area (Å²) in [5, 5.41) is 15.6. The number of oxime groups is 1. The molecule has 144 valence electrons. The predicted molar refractivity (Wildman–Crippen MR) is 102 cm³/mol. The number of rotatable bonds is 6. The number of amides is 1. The van der Waals surface area contributed by atoms with E-state index in [1.807, 2.05) is 6.07 Å². The molecule has 0 aliphatic carbocycles. The Morgan fingerprint density at radius 1 is 1.14 bits per heavy atom. The van der Waals surface area contributed by atoms with Crippen LogP contribution in [0.5, 0.6) is 17.2 Å². The first-order valence-electron chi connectivity index (χ1n) is 8.43. The maximum absolute atomic E-state index is 12.4. The van der Waals surface area contributed by atoms with Crippen molar-refractivity contribution in [3.63, 3.8) is 0 Å². The first-order valence-corrected chi connectivity index (χ1v) is 8.43. The van der Waals surface area contributed by atoms with Crippen LogP contribution < -0.4 is 19.5 Å². The second-order valence-corrected chi connectivity index (χ2v) is 5.93. The molecule has 3 rings (SSSR count). The van der Waals surface area contributed by atoms with Gasteiger partial charge in [-0.15, -0.1) is 0 Å². The molecule has 0 saturated carbocycles. The largest absolute Gasteiger partial charge is 0.493 e. The third-order valence-electron chi connectivity index (χ3n) is 4.24. The van der Waals surface area contributed by atoms with E-state index in [1.165, 1.54) is 21.3 Å². The number of hydrogen-bond acceptors (Lipinski definition) is 7. The van der Waals surface area contributed by atoms with Crippen molar-refractivity contribution in [3.8, 4) is 23.3 Å². The Labute approximate surface area is 162 Å². The first-order chi connectivity index (χ1) is 13.6. The Hall–Kier alpha value is -3.73. The Morgan fingerprint density at radius 3 is 2.32 bits per heavy atom. The zero-order valence-electron chi connectivity index (χ0n) is 15.7. The standard InChI is InChI=1S/C20H19N3O5/c1-25-16-8-13(9-17(26-2)19(16)27-3)15-10-18(28-23-15)20(24)22-14-6-4-12(11-21)5-7-14/h4-9,18H,10H2,1-3H3,(H,22,24)/t18-/m0/s1. The van der Waals surface area contributed by atoms with Gasteiger partial charge in [0.2, 0.25) is 11.9 Å². The van der Waals surface area contributed by atoms with E-state index in [0.717, 1.165) is 0 Å². The Bertz CT molecular complexity index is 922. The van der Waals surface area contributed by atoms with Crippen LogP contribution in [0.25, 0.3) is 0 Å². The molecule has 1 amide bonds. The quantitative estimate of drug-likeness (QED) is 0.825. The van der Waals surface area contributed by atoms with Crippen molar-refractivity contribution >= 4 is 17.3 Å². The number of nitriles is 1. The molecule has 2 aromatic rings. The van der Waals surface area contributed by atoms with E-state index >= 15 is 0 Å². The van der Waals surface area contributed by atoms with Gasteiger partial charge in [-0.05, 0) is 36.4 Å². The second-order valence-electron chi connectivity index (χ2n) is 5.93. The third-order valence-corrected chi connectivity index (χ3v) is 4.24. The van der Waals surface area contributed by atoms with Gasteiger partial charge in [-0.25, -0.2) is 0 Å². The maximum atomic E-state index is 12.4. The van der Waals surface area contributed by atoms with Crippen LogP contribution in [0.15, 0.2) is 41.6 Å². The molecule has 1 atom stereocenters. The van der Waals surface area contributed by atoms with E-state index < -0.39 is 6.10 Å². The highest BCUT2D eigenvalue weighted by molar-refractivity contribution is 6.06. The summed E-state index contributed by atoms with van der Waals surface area (Å²) in [6.07, 6.45) is -0.467. The minimum atomic E-state index is -0.760. The fraction of sp³-hybridized carbons (Fsp3) is 0.250. The molecule has 0 fully saturated rings. The van der Waals surface area contributed by atoms with Crippen molar-refractivity contribution in [2.45, 2.75) is 12.5 Å². The lowest BCUT2D eigenvalue weighted by molar-refractivity contribution is -0.125.